The second-order valence-electron chi connectivity index (χ2n) is 6.47. The van der Waals surface area contributed by atoms with Crippen molar-refractivity contribution in [2.75, 3.05) is 48.7 Å². The van der Waals surface area contributed by atoms with E-state index in [1.165, 1.54) is 11.9 Å². The SMILES string of the molecule is CCOC(=O)N1CCN(c2ncnc(NCc3ccc(C)cc3)c2N)CC1. The van der Waals surface area contributed by atoms with Gasteiger partial charge >= 0.3 is 6.09 Å². The largest absolute Gasteiger partial charge is 0.450 e. The number of nitrogens with two attached hydrogens (primary N) is 1. The number of hydrogen-bond donors (Lipinski definition) is 2. The predicted octanol–water partition coefficient (Wildman–Crippen LogP) is 2.26. The topological polar surface area (TPSA) is 96.6 Å². The maximum atomic E-state index is 11.8. The van der Waals surface area contributed by atoms with Crippen molar-refractivity contribution in [1.29, 1.82) is 0 Å². The molecule has 0 aliphatic carbocycles. The van der Waals surface area contributed by atoms with Crippen LogP contribution < -0.4 is 16.0 Å². The van der Waals surface area contributed by atoms with Crippen molar-refractivity contribution in [2.24, 2.45) is 0 Å². The molecule has 1 aliphatic rings. The number of amides is 1. The molecule has 0 unspecified atom stereocenters. The highest BCUT2D eigenvalue weighted by Gasteiger charge is 2.24. The molecule has 0 atom stereocenters. The maximum Gasteiger partial charge on any atom is 0.409 e. The van der Waals surface area contributed by atoms with Gasteiger partial charge in [-0.05, 0) is 19.4 Å². The van der Waals surface area contributed by atoms with Crippen LogP contribution in [0.15, 0.2) is 30.6 Å². The van der Waals surface area contributed by atoms with Crippen LogP contribution in [-0.2, 0) is 11.3 Å². The van der Waals surface area contributed by atoms with E-state index in [0.29, 0.717) is 56.7 Å². The zero-order valence-corrected chi connectivity index (χ0v) is 15.8. The van der Waals surface area contributed by atoms with Crippen molar-refractivity contribution in [3.8, 4) is 0 Å². The molecular weight excluding hydrogens is 344 g/mol. The van der Waals surface area contributed by atoms with Gasteiger partial charge in [0.25, 0.3) is 0 Å². The van der Waals surface area contributed by atoms with Gasteiger partial charge in [0.15, 0.2) is 11.6 Å². The van der Waals surface area contributed by atoms with E-state index < -0.39 is 0 Å². The molecule has 3 rings (SSSR count). The van der Waals surface area contributed by atoms with Gasteiger partial charge < -0.3 is 25.6 Å². The maximum absolute atomic E-state index is 11.8. The molecule has 0 spiro atoms. The number of aromatic nitrogens is 2. The van der Waals surface area contributed by atoms with Crippen LogP contribution in [0, 0.1) is 6.92 Å². The van der Waals surface area contributed by atoms with Crippen LogP contribution in [0.1, 0.15) is 18.1 Å². The molecule has 1 amide bonds. The molecule has 1 fully saturated rings. The van der Waals surface area contributed by atoms with Crippen molar-refractivity contribution in [3.05, 3.63) is 41.7 Å². The van der Waals surface area contributed by atoms with Crippen LogP contribution in [-0.4, -0.2) is 53.7 Å². The average Bonchev–Trinajstić information content (AvgIpc) is 2.69. The van der Waals surface area contributed by atoms with Gasteiger partial charge in [0.1, 0.15) is 12.0 Å². The number of hydrogen-bond acceptors (Lipinski definition) is 7. The van der Waals surface area contributed by atoms with Crippen molar-refractivity contribution in [1.82, 2.24) is 14.9 Å². The quantitative estimate of drug-likeness (QED) is 0.833. The summed E-state index contributed by atoms with van der Waals surface area (Å²) in [5, 5.41) is 3.28. The van der Waals surface area contributed by atoms with E-state index in [2.05, 4.69) is 51.4 Å². The highest BCUT2D eigenvalue weighted by molar-refractivity contribution is 5.75. The van der Waals surface area contributed by atoms with Crippen LogP contribution in [0.25, 0.3) is 0 Å². The minimum atomic E-state index is -0.270. The molecule has 1 aliphatic heterocycles. The van der Waals surface area contributed by atoms with E-state index in [1.807, 2.05) is 0 Å². The van der Waals surface area contributed by atoms with E-state index in [9.17, 15) is 4.79 Å². The van der Waals surface area contributed by atoms with Gasteiger partial charge in [-0.15, -0.1) is 0 Å². The number of benzene rings is 1. The summed E-state index contributed by atoms with van der Waals surface area (Å²) in [6.07, 6.45) is 1.24. The van der Waals surface area contributed by atoms with Gasteiger partial charge in [-0.1, -0.05) is 29.8 Å². The molecule has 2 aromatic rings. The molecule has 1 aromatic heterocycles. The number of ether oxygens (including phenoxy) is 1. The van der Waals surface area contributed by atoms with Gasteiger partial charge in [0.2, 0.25) is 0 Å². The summed E-state index contributed by atoms with van der Waals surface area (Å²) >= 11 is 0. The van der Waals surface area contributed by atoms with Gasteiger partial charge in [-0.2, -0.15) is 0 Å². The van der Waals surface area contributed by atoms with Crippen molar-refractivity contribution >= 4 is 23.4 Å². The van der Waals surface area contributed by atoms with Gasteiger partial charge in [-0.25, -0.2) is 14.8 Å². The lowest BCUT2D eigenvalue weighted by Gasteiger charge is -2.35. The van der Waals surface area contributed by atoms with Gasteiger partial charge in [-0.3, -0.25) is 0 Å². The standard InChI is InChI=1S/C19H26N6O2/c1-3-27-19(26)25-10-8-24(9-11-25)18-16(20)17(22-13-23-18)21-12-15-6-4-14(2)5-7-15/h4-7,13H,3,8-12,20H2,1-2H3,(H,21,22,23). The minimum absolute atomic E-state index is 0.270. The summed E-state index contributed by atoms with van der Waals surface area (Å²) in [5.74, 6) is 1.31. The minimum Gasteiger partial charge on any atom is -0.450 e. The molecule has 3 N–H and O–H groups in total. The number of aryl methyl sites for hydroxylation is 1. The molecule has 0 bridgehead atoms. The van der Waals surface area contributed by atoms with E-state index in [-0.39, 0.29) is 6.09 Å². The average molecular weight is 370 g/mol. The lowest BCUT2D eigenvalue weighted by atomic mass is 10.1. The third kappa shape index (κ3) is 4.58. The second kappa shape index (κ2) is 8.57. The molecule has 0 radical (unpaired) electrons. The Bertz CT molecular complexity index is 772. The highest BCUT2D eigenvalue weighted by Crippen LogP contribution is 2.27. The first kappa shape index (κ1) is 18.8. The zero-order valence-electron chi connectivity index (χ0n) is 15.8. The Morgan fingerprint density at radius 3 is 2.56 bits per heavy atom. The second-order valence-corrected chi connectivity index (χ2v) is 6.47. The Morgan fingerprint density at radius 2 is 1.89 bits per heavy atom. The molecular formula is C19H26N6O2. The summed E-state index contributed by atoms with van der Waals surface area (Å²) < 4.78 is 5.05. The van der Waals surface area contributed by atoms with Crippen LogP contribution in [0.2, 0.25) is 0 Å². The summed E-state index contributed by atoms with van der Waals surface area (Å²) in [4.78, 5) is 24.2. The van der Waals surface area contributed by atoms with Crippen LogP contribution in [0.5, 0.6) is 0 Å². The summed E-state index contributed by atoms with van der Waals surface area (Å²) in [5.41, 5.74) is 9.21. The molecule has 8 nitrogen and oxygen atoms in total. The van der Waals surface area contributed by atoms with Gasteiger partial charge in [0.05, 0.1) is 6.61 Å². The Kier molecular flexibility index (Phi) is 5.95. The predicted molar refractivity (Wildman–Crippen MR) is 106 cm³/mol. The number of piperazine rings is 1. The third-order valence-corrected chi connectivity index (χ3v) is 4.55. The number of carbonyl (C=O) groups excluding carboxylic acids is 1. The summed E-state index contributed by atoms with van der Waals surface area (Å²) in [6.45, 7) is 7.34. The third-order valence-electron chi connectivity index (χ3n) is 4.55. The smallest absolute Gasteiger partial charge is 0.409 e. The zero-order chi connectivity index (χ0) is 19.2. The first-order valence-electron chi connectivity index (χ1n) is 9.15. The van der Waals surface area contributed by atoms with Crippen LogP contribution in [0.4, 0.5) is 22.1 Å². The molecule has 27 heavy (non-hydrogen) atoms. The lowest BCUT2D eigenvalue weighted by molar-refractivity contribution is 0.105. The van der Waals surface area contributed by atoms with Crippen LogP contribution in [0.3, 0.4) is 0 Å². The summed E-state index contributed by atoms with van der Waals surface area (Å²) in [7, 11) is 0. The molecule has 1 saturated heterocycles. The van der Waals surface area contributed by atoms with Crippen molar-refractivity contribution in [3.63, 3.8) is 0 Å². The van der Waals surface area contributed by atoms with E-state index in [4.69, 9.17) is 10.5 Å². The first-order valence-corrected chi connectivity index (χ1v) is 9.15. The molecule has 8 heteroatoms. The molecule has 0 saturated carbocycles. The van der Waals surface area contributed by atoms with Crippen molar-refractivity contribution < 1.29 is 9.53 Å². The number of rotatable bonds is 5. The number of nitrogens with one attached hydrogen (secondary N) is 1. The Hall–Kier alpha value is -3.03. The first-order chi connectivity index (χ1) is 13.1. The molecule has 2 heterocycles. The fourth-order valence-electron chi connectivity index (χ4n) is 2.99. The number of nitrogens with zero attached hydrogens (tertiary/aromatic N) is 4. The Labute approximate surface area is 159 Å². The lowest BCUT2D eigenvalue weighted by Crippen LogP contribution is -2.49. The van der Waals surface area contributed by atoms with E-state index >= 15 is 0 Å². The monoisotopic (exact) mass is 370 g/mol. The van der Waals surface area contributed by atoms with Gasteiger partial charge in [0, 0.05) is 32.7 Å². The van der Waals surface area contributed by atoms with E-state index in [1.54, 1.807) is 11.8 Å². The Balaban J connectivity index is 1.63. The number of anilines is 3. The highest BCUT2D eigenvalue weighted by atomic mass is 16.6. The summed E-state index contributed by atoms with van der Waals surface area (Å²) in [6, 6.07) is 8.31. The number of nitrogen functional groups attached to an aromatic ring is 1. The molecule has 144 valence electrons. The normalized spacial score (nSPS) is 14.1. The molecule has 1 aromatic carbocycles. The fraction of sp³-hybridized carbons (Fsp3) is 0.421. The van der Waals surface area contributed by atoms with E-state index in [0.717, 1.165) is 5.56 Å². The number of carbonyl (C=O) groups is 1. The van der Waals surface area contributed by atoms with Crippen LogP contribution >= 0.6 is 0 Å². The van der Waals surface area contributed by atoms with Crippen molar-refractivity contribution in [2.45, 2.75) is 20.4 Å². The Morgan fingerprint density at radius 1 is 1.19 bits per heavy atom. The fourth-order valence-corrected chi connectivity index (χ4v) is 2.99.